The van der Waals surface area contributed by atoms with Gasteiger partial charge in [-0.1, -0.05) is 13.8 Å². The molecule has 0 saturated carbocycles. The highest BCUT2D eigenvalue weighted by Gasteiger charge is 2.45. The van der Waals surface area contributed by atoms with E-state index in [1.54, 1.807) is 32.9 Å². The van der Waals surface area contributed by atoms with Crippen LogP contribution < -0.4 is 0 Å². The number of carbonyl (C=O) groups excluding carboxylic acids is 2. The van der Waals surface area contributed by atoms with Crippen LogP contribution in [0.25, 0.3) is 0 Å². The molecule has 25 heavy (non-hydrogen) atoms. The first-order chi connectivity index (χ1) is 11.7. The van der Waals surface area contributed by atoms with E-state index in [0.29, 0.717) is 31.1 Å². The van der Waals surface area contributed by atoms with Crippen LogP contribution in [0.1, 0.15) is 51.7 Å². The summed E-state index contributed by atoms with van der Waals surface area (Å²) in [5.41, 5.74) is 0.124. The van der Waals surface area contributed by atoms with Crippen molar-refractivity contribution in [2.24, 2.45) is 5.92 Å². The molecular weight excluding hydrogens is 322 g/mol. The van der Waals surface area contributed by atoms with Crippen LogP contribution in [0.3, 0.4) is 0 Å². The highest BCUT2D eigenvalue weighted by molar-refractivity contribution is 6.09. The van der Waals surface area contributed by atoms with Crippen molar-refractivity contribution in [3.05, 3.63) is 35.0 Å². The van der Waals surface area contributed by atoms with Gasteiger partial charge in [0.2, 0.25) is 0 Å². The molecule has 1 aliphatic heterocycles. The van der Waals surface area contributed by atoms with E-state index < -0.39 is 17.7 Å². The number of rotatable bonds is 8. The molecule has 1 N–H and O–H groups in total. The van der Waals surface area contributed by atoms with Crippen LogP contribution in [0.4, 0.5) is 0 Å². The summed E-state index contributed by atoms with van der Waals surface area (Å²) >= 11 is 0. The van der Waals surface area contributed by atoms with Crippen molar-refractivity contribution in [1.29, 1.82) is 0 Å². The van der Waals surface area contributed by atoms with E-state index in [9.17, 15) is 14.7 Å². The Labute approximate surface area is 148 Å². The summed E-state index contributed by atoms with van der Waals surface area (Å²) in [7, 11) is 0. The number of furan rings is 1. The number of ether oxygens (including phenoxy) is 1. The average molecular weight is 349 g/mol. The lowest BCUT2D eigenvalue weighted by Crippen LogP contribution is -2.33. The van der Waals surface area contributed by atoms with Crippen LogP contribution in [0.2, 0.25) is 0 Å². The van der Waals surface area contributed by atoms with Crippen LogP contribution in [0.15, 0.2) is 27.9 Å². The molecule has 0 spiro atoms. The van der Waals surface area contributed by atoms with Crippen molar-refractivity contribution in [1.82, 2.24) is 4.90 Å². The Balaban J connectivity index is 2.29. The normalized spacial score (nSPS) is 18.1. The molecule has 1 aromatic rings. The Kier molecular flexibility index (Phi) is 6.06. The zero-order chi connectivity index (χ0) is 18.7. The molecule has 1 aliphatic rings. The smallest absolute Gasteiger partial charge is 0.290 e. The standard InChI is InChI=1S/C19H27NO5/c1-11(2)17(21)15-16(14-8-7-13(5)25-14)20(19(23)18(15)22)9-6-10-24-12(3)4/h7-8,11-12,16,22H,6,9-10H2,1-5H3. The summed E-state index contributed by atoms with van der Waals surface area (Å²) in [5, 5.41) is 10.3. The fourth-order valence-electron chi connectivity index (χ4n) is 2.90. The van der Waals surface area contributed by atoms with Crippen LogP contribution >= 0.6 is 0 Å². The van der Waals surface area contributed by atoms with Gasteiger partial charge in [-0.25, -0.2) is 0 Å². The molecule has 0 bridgehead atoms. The molecule has 0 aromatic carbocycles. The maximum atomic E-state index is 12.6. The summed E-state index contributed by atoms with van der Waals surface area (Å²) in [6.45, 7) is 10.1. The topological polar surface area (TPSA) is 80.0 Å². The zero-order valence-electron chi connectivity index (χ0n) is 15.5. The molecule has 2 heterocycles. The molecule has 1 atom stereocenters. The van der Waals surface area contributed by atoms with Gasteiger partial charge >= 0.3 is 0 Å². The third-order valence-electron chi connectivity index (χ3n) is 4.12. The number of hydrogen-bond donors (Lipinski definition) is 1. The number of aliphatic hydroxyl groups excluding tert-OH is 1. The first-order valence-corrected chi connectivity index (χ1v) is 8.70. The predicted molar refractivity (Wildman–Crippen MR) is 93.1 cm³/mol. The largest absolute Gasteiger partial charge is 0.503 e. The Bertz CT molecular complexity index is 671. The van der Waals surface area contributed by atoms with Gasteiger partial charge in [0, 0.05) is 19.1 Å². The first kappa shape index (κ1) is 19.2. The van der Waals surface area contributed by atoms with Crippen LogP contribution in [-0.4, -0.2) is 41.0 Å². The lowest BCUT2D eigenvalue weighted by molar-refractivity contribution is -0.129. The second-order valence-electron chi connectivity index (χ2n) is 6.90. The van der Waals surface area contributed by atoms with Crippen molar-refractivity contribution in [2.45, 2.75) is 53.2 Å². The molecule has 6 nitrogen and oxygen atoms in total. The minimum Gasteiger partial charge on any atom is -0.503 e. The van der Waals surface area contributed by atoms with Crippen LogP contribution in [0, 0.1) is 12.8 Å². The highest BCUT2D eigenvalue weighted by atomic mass is 16.5. The number of aryl methyl sites for hydroxylation is 1. The van der Waals surface area contributed by atoms with Gasteiger partial charge in [-0.05, 0) is 39.3 Å². The van der Waals surface area contributed by atoms with E-state index in [4.69, 9.17) is 9.15 Å². The van der Waals surface area contributed by atoms with Crippen molar-refractivity contribution in [3.8, 4) is 0 Å². The van der Waals surface area contributed by atoms with Gasteiger partial charge in [0.05, 0.1) is 11.7 Å². The summed E-state index contributed by atoms with van der Waals surface area (Å²) in [4.78, 5) is 26.6. The first-order valence-electron chi connectivity index (χ1n) is 8.70. The Morgan fingerprint density at radius 2 is 2.00 bits per heavy atom. The summed E-state index contributed by atoms with van der Waals surface area (Å²) in [6, 6.07) is 2.85. The van der Waals surface area contributed by atoms with E-state index in [2.05, 4.69) is 0 Å². The van der Waals surface area contributed by atoms with Crippen LogP contribution in [-0.2, 0) is 14.3 Å². The molecule has 1 unspecified atom stereocenters. The molecule has 1 amide bonds. The fraction of sp³-hybridized carbons (Fsp3) is 0.579. The van der Waals surface area contributed by atoms with Crippen molar-refractivity contribution < 1.29 is 23.8 Å². The predicted octanol–water partition coefficient (Wildman–Crippen LogP) is 3.32. The second-order valence-corrected chi connectivity index (χ2v) is 6.90. The highest BCUT2D eigenvalue weighted by Crippen LogP contribution is 2.39. The molecule has 0 radical (unpaired) electrons. The third-order valence-corrected chi connectivity index (χ3v) is 4.12. The SMILES string of the molecule is Cc1ccc(C2C(C(=O)C(C)C)=C(O)C(=O)N2CCCOC(C)C)o1. The molecule has 138 valence electrons. The number of amides is 1. The number of ketones is 1. The lowest BCUT2D eigenvalue weighted by atomic mass is 9.94. The van der Waals surface area contributed by atoms with Gasteiger partial charge in [-0.2, -0.15) is 0 Å². The Morgan fingerprint density at radius 3 is 2.52 bits per heavy atom. The van der Waals surface area contributed by atoms with E-state index in [-0.39, 0.29) is 23.4 Å². The van der Waals surface area contributed by atoms with Crippen molar-refractivity contribution in [2.75, 3.05) is 13.2 Å². The number of aliphatic hydroxyl groups is 1. The summed E-state index contributed by atoms with van der Waals surface area (Å²) in [5.74, 6) is -0.398. The number of Topliss-reactive ketones (excluding diaryl/α,β-unsaturated/α-hetero) is 1. The molecule has 0 saturated heterocycles. The molecule has 1 aromatic heterocycles. The maximum Gasteiger partial charge on any atom is 0.290 e. The Morgan fingerprint density at radius 1 is 1.32 bits per heavy atom. The monoisotopic (exact) mass is 349 g/mol. The number of hydrogen-bond acceptors (Lipinski definition) is 5. The minimum absolute atomic E-state index is 0.113. The quantitative estimate of drug-likeness (QED) is 0.728. The van der Waals surface area contributed by atoms with Gasteiger partial charge in [0.1, 0.15) is 17.6 Å². The maximum absolute atomic E-state index is 12.6. The van der Waals surface area contributed by atoms with Gasteiger partial charge in [0.25, 0.3) is 5.91 Å². The van der Waals surface area contributed by atoms with E-state index in [0.717, 1.165) is 0 Å². The van der Waals surface area contributed by atoms with Crippen molar-refractivity contribution in [3.63, 3.8) is 0 Å². The zero-order valence-corrected chi connectivity index (χ0v) is 15.5. The number of carbonyl (C=O) groups is 2. The molecular formula is C19H27NO5. The summed E-state index contributed by atoms with van der Waals surface area (Å²) < 4.78 is 11.2. The van der Waals surface area contributed by atoms with Gasteiger partial charge < -0.3 is 19.2 Å². The molecule has 0 aliphatic carbocycles. The van der Waals surface area contributed by atoms with Gasteiger partial charge in [0.15, 0.2) is 11.5 Å². The lowest BCUT2D eigenvalue weighted by Gasteiger charge is -2.25. The second kappa shape index (κ2) is 7.87. The van der Waals surface area contributed by atoms with Crippen molar-refractivity contribution >= 4 is 11.7 Å². The third kappa shape index (κ3) is 4.12. The minimum atomic E-state index is -0.685. The van der Waals surface area contributed by atoms with E-state index >= 15 is 0 Å². The molecule has 6 heteroatoms. The van der Waals surface area contributed by atoms with Gasteiger partial charge in [-0.15, -0.1) is 0 Å². The molecule has 0 fully saturated rings. The Hall–Kier alpha value is -2.08. The van der Waals surface area contributed by atoms with Crippen LogP contribution in [0.5, 0.6) is 0 Å². The molecule has 2 rings (SSSR count). The van der Waals surface area contributed by atoms with E-state index in [1.807, 2.05) is 13.8 Å². The fourth-order valence-corrected chi connectivity index (χ4v) is 2.90. The van der Waals surface area contributed by atoms with Gasteiger partial charge in [-0.3, -0.25) is 9.59 Å². The summed E-state index contributed by atoms with van der Waals surface area (Å²) in [6.07, 6.45) is 0.721. The number of nitrogens with zero attached hydrogens (tertiary/aromatic N) is 1. The van der Waals surface area contributed by atoms with E-state index in [1.165, 1.54) is 4.90 Å². The average Bonchev–Trinajstić information content (AvgIpc) is 3.06.